The zero-order chi connectivity index (χ0) is 62.6. The number of allylic oxidation sites excluding steroid dienone is 26. The van der Waals surface area contributed by atoms with Crippen LogP contribution in [0.3, 0.4) is 0 Å². The number of hydrogen-bond donors (Lipinski definition) is 1. The molecular weight excluding hydrogens is 1090 g/mol. The summed E-state index contributed by atoms with van der Waals surface area (Å²) in [6, 6.07) is 0. The first-order valence-electron chi connectivity index (χ1n) is 34.2. The average Bonchev–Trinajstić information content (AvgIpc) is 3.56. The third kappa shape index (κ3) is 68.7. The van der Waals surface area contributed by atoms with Gasteiger partial charge in [-0.15, -0.1) is 0 Å². The number of phosphoric ester groups is 1. The van der Waals surface area contributed by atoms with Crippen LogP contribution in [0.15, 0.2) is 158 Å². The highest BCUT2D eigenvalue weighted by atomic mass is 31.2. The summed E-state index contributed by atoms with van der Waals surface area (Å²) in [5.41, 5.74) is 0. The molecule has 0 heterocycles. The third-order valence-electron chi connectivity index (χ3n) is 14.1. The Balaban J connectivity index is 4.09. The maximum Gasteiger partial charge on any atom is 0.472 e. The van der Waals surface area contributed by atoms with E-state index in [0.717, 1.165) is 135 Å². The van der Waals surface area contributed by atoms with Gasteiger partial charge in [0.25, 0.3) is 0 Å². The van der Waals surface area contributed by atoms with E-state index in [1.807, 2.05) is 21.1 Å². The van der Waals surface area contributed by atoms with Gasteiger partial charge in [0.1, 0.15) is 19.8 Å². The van der Waals surface area contributed by atoms with Crippen LogP contribution >= 0.6 is 7.82 Å². The fourth-order valence-electron chi connectivity index (χ4n) is 8.88. The number of rotatable bonds is 61. The van der Waals surface area contributed by atoms with Gasteiger partial charge in [-0.2, -0.15) is 0 Å². The lowest BCUT2D eigenvalue weighted by Crippen LogP contribution is -2.37. The number of carbonyl (C=O) groups is 2. The van der Waals surface area contributed by atoms with E-state index in [9.17, 15) is 19.0 Å². The Morgan fingerprint density at radius 3 is 0.930 bits per heavy atom. The predicted octanol–water partition coefficient (Wildman–Crippen LogP) is 22.4. The van der Waals surface area contributed by atoms with Gasteiger partial charge >= 0.3 is 19.8 Å². The minimum absolute atomic E-state index is 0.0224. The first-order valence-corrected chi connectivity index (χ1v) is 35.7. The Kier molecular flexibility index (Phi) is 61.8. The Hall–Kier alpha value is -4.37. The summed E-state index contributed by atoms with van der Waals surface area (Å²) in [6.45, 7) is 4.19. The van der Waals surface area contributed by atoms with E-state index in [1.165, 1.54) is 89.9 Å². The van der Waals surface area contributed by atoms with Crippen molar-refractivity contribution in [2.75, 3.05) is 47.5 Å². The van der Waals surface area contributed by atoms with Gasteiger partial charge in [0.15, 0.2) is 6.10 Å². The predicted molar refractivity (Wildman–Crippen MR) is 371 cm³/mol. The van der Waals surface area contributed by atoms with E-state index in [0.29, 0.717) is 17.4 Å². The molecule has 0 bridgehead atoms. The zero-order valence-corrected chi connectivity index (χ0v) is 56.4. The van der Waals surface area contributed by atoms with Crippen LogP contribution in [0, 0.1) is 0 Å². The molecule has 0 rings (SSSR count). The zero-order valence-electron chi connectivity index (χ0n) is 55.5. The molecule has 86 heavy (non-hydrogen) atoms. The maximum atomic E-state index is 12.9. The summed E-state index contributed by atoms with van der Waals surface area (Å²) in [6.07, 6.45) is 97.6. The number of quaternary nitrogens is 1. The van der Waals surface area contributed by atoms with Crippen molar-refractivity contribution in [1.82, 2.24) is 0 Å². The first kappa shape index (κ1) is 81.6. The quantitative estimate of drug-likeness (QED) is 0.0211. The van der Waals surface area contributed by atoms with Crippen LogP contribution in [-0.2, 0) is 32.7 Å². The van der Waals surface area contributed by atoms with Crippen molar-refractivity contribution in [3.8, 4) is 0 Å². The van der Waals surface area contributed by atoms with E-state index in [-0.39, 0.29) is 32.0 Å². The number of carbonyl (C=O) groups excluding carboxylic acids is 2. The molecule has 0 fully saturated rings. The summed E-state index contributed by atoms with van der Waals surface area (Å²) >= 11 is 0. The largest absolute Gasteiger partial charge is 0.472 e. The number of phosphoric acid groups is 1. The van der Waals surface area contributed by atoms with Crippen LogP contribution in [0.2, 0.25) is 0 Å². The van der Waals surface area contributed by atoms with E-state index in [1.54, 1.807) is 0 Å². The molecule has 0 radical (unpaired) electrons. The molecular formula is C76H127NO8P+. The number of nitrogens with zero attached hydrogens (tertiary/aromatic N) is 1. The molecule has 10 heteroatoms. The Labute approximate surface area is 528 Å². The van der Waals surface area contributed by atoms with Gasteiger partial charge in [0.05, 0.1) is 27.7 Å². The lowest BCUT2D eigenvalue weighted by atomic mass is 10.0. The molecule has 0 aromatic carbocycles. The molecule has 2 unspecified atom stereocenters. The van der Waals surface area contributed by atoms with Gasteiger partial charge in [0.2, 0.25) is 0 Å². The van der Waals surface area contributed by atoms with Gasteiger partial charge in [-0.05, 0) is 122 Å². The standard InChI is InChI=1S/C76H126NO8P/c1-6-8-10-12-14-16-18-20-22-24-26-28-30-31-32-33-34-35-36-37-38-39-40-41-42-43-44-45-47-49-51-53-55-57-59-61-63-65-67-69-76(79)85-74(73-84-86(80,81)83-71-70-77(3,4)5)72-82-75(78)68-66-64-62-60-58-56-54-52-50-48-46-29-27-25-23-21-19-17-15-13-11-9-7-2/h8-11,14-17,20-23,26-29,31-32,34-35,37-38,40-41,48,50,74H,6-7,12-13,18-19,24-25,30,33,36,39,42-47,49,51-73H2,1-5H3/p+1/b10-8-,11-9-,16-14-,17-15-,22-20-,23-21-,28-26-,29-27-,32-31-,35-34-,38-37-,41-40-,50-48-. The minimum atomic E-state index is -4.40. The number of likely N-dealkylation sites (N-methyl/N-ethyl adjacent to an activating group) is 1. The van der Waals surface area contributed by atoms with Crippen molar-refractivity contribution in [2.45, 2.75) is 264 Å². The normalized spacial score (nSPS) is 14.2. The molecule has 0 aromatic heterocycles. The molecule has 0 spiro atoms. The van der Waals surface area contributed by atoms with E-state index in [4.69, 9.17) is 18.5 Å². The fourth-order valence-corrected chi connectivity index (χ4v) is 9.62. The highest BCUT2D eigenvalue weighted by molar-refractivity contribution is 7.47. The third-order valence-corrected chi connectivity index (χ3v) is 15.0. The second-order valence-corrected chi connectivity index (χ2v) is 24.9. The number of esters is 2. The van der Waals surface area contributed by atoms with Crippen LogP contribution in [-0.4, -0.2) is 74.9 Å². The highest BCUT2D eigenvalue weighted by Crippen LogP contribution is 2.43. The second kappa shape index (κ2) is 65.1. The molecule has 0 saturated heterocycles. The molecule has 0 amide bonds. The molecule has 0 aromatic rings. The number of unbranched alkanes of at least 4 members (excludes halogenated alkanes) is 21. The van der Waals surface area contributed by atoms with Crippen LogP contribution in [0.5, 0.6) is 0 Å². The summed E-state index contributed by atoms with van der Waals surface area (Å²) in [5, 5.41) is 0. The van der Waals surface area contributed by atoms with Crippen LogP contribution in [0.4, 0.5) is 0 Å². The molecule has 0 aliphatic rings. The number of hydrogen-bond acceptors (Lipinski definition) is 7. The van der Waals surface area contributed by atoms with Crippen molar-refractivity contribution < 1.29 is 42.1 Å². The van der Waals surface area contributed by atoms with Gasteiger partial charge < -0.3 is 18.9 Å². The monoisotopic (exact) mass is 1210 g/mol. The van der Waals surface area contributed by atoms with Gasteiger partial charge in [0, 0.05) is 12.8 Å². The SMILES string of the molecule is CC/C=C\C/C=C\C/C=C\C/C=C\C/C=C\C/C=C\C/C=C\C/C=C\CCCCCCCCCCCCCCCCC(=O)OC(COC(=O)CCCCCCCCC/C=C\C/C=C\C/C=C\C/C=C\C/C=C\CC)COP(=O)(O)OCC[N+](C)(C)C. The van der Waals surface area contributed by atoms with Crippen molar-refractivity contribution in [3.63, 3.8) is 0 Å². The summed E-state index contributed by atoms with van der Waals surface area (Å²) in [4.78, 5) is 35.8. The molecule has 9 nitrogen and oxygen atoms in total. The summed E-state index contributed by atoms with van der Waals surface area (Å²) in [5.74, 6) is -0.816. The van der Waals surface area contributed by atoms with Crippen molar-refractivity contribution in [3.05, 3.63) is 158 Å². The molecule has 488 valence electrons. The summed E-state index contributed by atoms with van der Waals surface area (Å²) < 4.78 is 34.7. The van der Waals surface area contributed by atoms with Gasteiger partial charge in [-0.3, -0.25) is 18.6 Å². The van der Waals surface area contributed by atoms with Gasteiger partial charge in [-0.25, -0.2) is 4.57 Å². The van der Waals surface area contributed by atoms with Crippen molar-refractivity contribution in [1.29, 1.82) is 0 Å². The topological polar surface area (TPSA) is 108 Å². The molecule has 0 aliphatic heterocycles. The smallest absolute Gasteiger partial charge is 0.462 e. The fraction of sp³-hybridized carbons (Fsp3) is 0.632. The highest BCUT2D eigenvalue weighted by Gasteiger charge is 2.27. The molecule has 0 saturated carbocycles. The van der Waals surface area contributed by atoms with Crippen LogP contribution in [0.25, 0.3) is 0 Å². The summed E-state index contributed by atoms with van der Waals surface area (Å²) in [7, 11) is 1.45. The maximum absolute atomic E-state index is 12.9. The minimum Gasteiger partial charge on any atom is -0.462 e. The Bertz CT molecular complexity index is 2010. The van der Waals surface area contributed by atoms with Crippen LogP contribution in [0.1, 0.15) is 258 Å². The van der Waals surface area contributed by atoms with Crippen molar-refractivity contribution >= 4 is 19.8 Å². The second-order valence-electron chi connectivity index (χ2n) is 23.4. The van der Waals surface area contributed by atoms with Crippen LogP contribution < -0.4 is 0 Å². The Morgan fingerprint density at radius 1 is 0.360 bits per heavy atom. The lowest BCUT2D eigenvalue weighted by molar-refractivity contribution is -0.870. The lowest BCUT2D eigenvalue weighted by Gasteiger charge is -2.24. The van der Waals surface area contributed by atoms with E-state index >= 15 is 0 Å². The molecule has 1 N–H and O–H groups in total. The van der Waals surface area contributed by atoms with E-state index < -0.39 is 26.5 Å². The van der Waals surface area contributed by atoms with E-state index in [2.05, 4.69) is 172 Å². The van der Waals surface area contributed by atoms with Crippen molar-refractivity contribution in [2.24, 2.45) is 0 Å². The average molecular weight is 1210 g/mol. The first-order chi connectivity index (χ1) is 42.0. The van der Waals surface area contributed by atoms with Gasteiger partial charge in [-0.1, -0.05) is 281 Å². The molecule has 2 atom stereocenters. The number of ether oxygens (including phenoxy) is 2. The Morgan fingerprint density at radius 2 is 0.628 bits per heavy atom. The molecule has 0 aliphatic carbocycles.